The molecule has 4 rings (SSSR count). The topological polar surface area (TPSA) is 3.24 Å². The molecule has 0 atom stereocenters. The van der Waals surface area contributed by atoms with Gasteiger partial charge in [0.05, 0.1) is 5.69 Å². The zero-order valence-corrected chi connectivity index (χ0v) is 16.6. The largest absolute Gasteiger partial charge is 0.237 e. The van der Waals surface area contributed by atoms with Gasteiger partial charge in [0.1, 0.15) is 21.7 Å². The number of halogens is 1. The van der Waals surface area contributed by atoms with Gasteiger partial charge in [0, 0.05) is 13.1 Å². The first-order valence-corrected chi connectivity index (χ1v) is 11.0. The third-order valence-corrected chi connectivity index (χ3v) is 9.29. The Morgan fingerprint density at radius 1 is 0.571 bits per heavy atom. The van der Waals surface area contributed by atoms with Gasteiger partial charge in [0.25, 0.3) is 0 Å². The molecule has 0 spiro atoms. The van der Waals surface area contributed by atoms with Crippen molar-refractivity contribution in [3.8, 4) is 0 Å². The summed E-state index contributed by atoms with van der Waals surface area (Å²) in [6, 6.07) is 38.6. The van der Waals surface area contributed by atoms with Crippen molar-refractivity contribution in [2.24, 2.45) is 0 Å². The van der Waals surface area contributed by atoms with Crippen LogP contribution in [0.5, 0.6) is 0 Å². The van der Waals surface area contributed by atoms with E-state index in [4.69, 9.17) is 0 Å². The molecule has 0 heterocycles. The number of anilines is 1. The minimum absolute atomic E-state index is 0.225. The van der Waals surface area contributed by atoms with Crippen LogP contribution in [0.15, 0.2) is 115 Å². The molecule has 0 saturated carbocycles. The average Bonchev–Trinajstić information content (AvgIpc) is 2.76. The molecule has 0 radical (unpaired) electrons. The van der Waals surface area contributed by atoms with Crippen LogP contribution in [0.2, 0.25) is 0 Å². The van der Waals surface area contributed by atoms with Gasteiger partial charge in [-0.3, -0.25) is 0 Å². The Kier molecular flexibility index (Phi) is 5.23. The Hall–Kier alpha value is -2.96. The number of hydrogen-bond donors (Lipinski definition) is 0. The first-order chi connectivity index (χ1) is 13.7. The van der Waals surface area contributed by atoms with Crippen LogP contribution < -0.4 is 20.6 Å². The third-order valence-electron chi connectivity index (χ3n) is 5.02. The van der Waals surface area contributed by atoms with Crippen LogP contribution >= 0.6 is 7.41 Å². The molecule has 4 aromatic rings. The van der Waals surface area contributed by atoms with Gasteiger partial charge in [-0.15, -0.1) is 0 Å². The fourth-order valence-electron chi connectivity index (χ4n) is 3.75. The molecule has 0 amide bonds. The predicted octanol–water partition coefficient (Wildman–Crippen LogP) is 5.17. The molecule has 0 aliphatic rings. The lowest BCUT2D eigenvalue weighted by Crippen LogP contribution is -2.41. The van der Waals surface area contributed by atoms with Gasteiger partial charge in [-0.2, -0.15) is 0 Å². The van der Waals surface area contributed by atoms with Crippen LogP contribution in [0, 0.1) is 5.82 Å². The fraction of sp³-hybridized carbons (Fsp3) is 0.0400. The van der Waals surface area contributed by atoms with E-state index in [0.29, 0.717) is 0 Å². The first kappa shape index (κ1) is 18.4. The molecule has 0 bridgehead atoms. The van der Waals surface area contributed by atoms with Crippen molar-refractivity contribution < 1.29 is 4.39 Å². The smallest absolute Gasteiger partial charge is 0.202 e. The van der Waals surface area contributed by atoms with E-state index >= 15 is 0 Å². The highest BCUT2D eigenvalue weighted by Gasteiger charge is 2.50. The van der Waals surface area contributed by atoms with E-state index in [1.54, 1.807) is 12.1 Å². The highest BCUT2D eigenvalue weighted by molar-refractivity contribution is 7.96. The lowest BCUT2D eigenvalue weighted by molar-refractivity contribution is 0.628. The van der Waals surface area contributed by atoms with Crippen molar-refractivity contribution in [2.75, 3.05) is 11.7 Å². The number of rotatable bonds is 5. The Bertz CT molecular complexity index is 939. The number of benzene rings is 4. The summed E-state index contributed by atoms with van der Waals surface area (Å²) in [7, 11) is -0.140. The molecular formula is C25H22FNP+. The first-order valence-electron chi connectivity index (χ1n) is 9.28. The molecule has 0 N–H and O–H groups in total. The zero-order chi connectivity index (χ0) is 19.4. The second kappa shape index (κ2) is 7.96. The lowest BCUT2D eigenvalue weighted by Gasteiger charge is -2.35. The van der Waals surface area contributed by atoms with E-state index in [9.17, 15) is 4.39 Å². The van der Waals surface area contributed by atoms with E-state index in [2.05, 4.69) is 84.5 Å². The van der Waals surface area contributed by atoms with Crippen LogP contribution in [-0.4, -0.2) is 7.05 Å². The number of hydrogen-bond acceptors (Lipinski definition) is 1. The second-order valence-electron chi connectivity index (χ2n) is 6.65. The van der Waals surface area contributed by atoms with E-state index in [-0.39, 0.29) is 5.82 Å². The van der Waals surface area contributed by atoms with Crippen molar-refractivity contribution in [1.29, 1.82) is 0 Å². The Morgan fingerprint density at radius 3 is 1.39 bits per heavy atom. The van der Waals surface area contributed by atoms with E-state index in [1.807, 2.05) is 24.3 Å². The van der Waals surface area contributed by atoms with Crippen LogP contribution in [0.1, 0.15) is 0 Å². The highest BCUT2D eigenvalue weighted by Crippen LogP contribution is 2.59. The molecule has 28 heavy (non-hydrogen) atoms. The Labute approximate surface area is 166 Å². The van der Waals surface area contributed by atoms with E-state index < -0.39 is 7.41 Å². The van der Waals surface area contributed by atoms with Crippen LogP contribution in [0.4, 0.5) is 10.1 Å². The Balaban J connectivity index is 2.07. The van der Waals surface area contributed by atoms with E-state index in [1.165, 1.54) is 22.0 Å². The predicted molar refractivity (Wildman–Crippen MR) is 120 cm³/mol. The normalized spacial score (nSPS) is 11.2. The molecule has 0 unspecified atom stereocenters. The Morgan fingerprint density at radius 2 is 1.00 bits per heavy atom. The quantitative estimate of drug-likeness (QED) is 0.428. The van der Waals surface area contributed by atoms with Gasteiger partial charge in [-0.05, 0) is 48.5 Å². The second-order valence-corrected chi connectivity index (χ2v) is 10.1. The molecule has 1 nitrogen and oxygen atoms in total. The molecular weight excluding hydrogens is 364 g/mol. The summed E-state index contributed by atoms with van der Waals surface area (Å²) >= 11 is 0. The SMILES string of the molecule is CN(c1cccc(F)c1)[P+](c1ccccc1)(c1ccccc1)c1ccccc1. The monoisotopic (exact) mass is 386 g/mol. The standard InChI is InChI=1S/C25H22FNP/c1-27(22-13-11-12-21(26)20-22)28(23-14-5-2-6-15-23,24-16-7-3-8-17-24)25-18-9-4-10-19-25/h2-20H,1H3/q+1. The van der Waals surface area contributed by atoms with Gasteiger partial charge < -0.3 is 0 Å². The van der Waals surface area contributed by atoms with E-state index in [0.717, 1.165) is 5.69 Å². The summed E-state index contributed by atoms with van der Waals surface area (Å²) in [6.07, 6.45) is 0. The van der Waals surface area contributed by atoms with Gasteiger partial charge >= 0.3 is 0 Å². The van der Waals surface area contributed by atoms with Crippen molar-refractivity contribution in [3.05, 3.63) is 121 Å². The molecule has 0 fully saturated rings. The molecule has 0 aromatic heterocycles. The maximum atomic E-state index is 14.1. The summed E-state index contributed by atoms with van der Waals surface area (Å²) < 4.78 is 16.4. The molecule has 0 aliphatic carbocycles. The minimum atomic E-state index is -2.22. The van der Waals surface area contributed by atoms with Crippen LogP contribution in [0.3, 0.4) is 0 Å². The third kappa shape index (κ3) is 3.21. The van der Waals surface area contributed by atoms with Crippen molar-refractivity contribution in [2.45, 2.75) is 0 Å². The summed E-state index contributed by atoms with van der Waals surface area (Å²) in [5.74, 6) is -0.225. The lowest BCUT2D eigenvalue weighted by atomic mass is 10.3. The number of nitrogens with zero attached hydrogens (tertiary/aromatic N) is 1. The van der Waals surface area contributed by atoms with Gasteiger partial charge in [-0.1, -0.05) is 60.7 Å². The molecule has 0 aliphatic heterocycles. The average molecular weight is 386 g/mol. The van der Waals surface area contributed by atoms with Crippen molar-refractivity contribution >= 4 is 29.0 Å². The summed E-state index contributed by atoms with van der Waals surface area (Å²) in [6.45, 7) is 0. The zero-order valence-electron chi connectivity index (χ0n) is 15.7. The summed E-state index contributed by atoms with van der Waals surface area (Å²) in [5, 5.41) is 3.71. The molecule has 0 saturated heterocycles. The molecule has 4 aromatic carbocycles. The summed E-state index contributed by atoms with van der Waals surface area (Å²) in [4.78, 5) is 0. The fourth-order valence-corrected chi connectivity index (χ4v) is 7.96. The molecule has 138 valence electrons. The van der Waals surface area contributed by atoms with Crippen LogP contribution in [0.25, 0.3) is 0 Å². The van der Waals surface area contributed by atoms with Gasteiger partial charge in [-0.25, -0.2) is 9.06 Å². The summed E-state index contributed by atoms with van der Waals surface area (Å²) in [5.41, 5.74) is 0.866. The van der Waals surface area contributed by atoms with Crippen molar-refractivity contribution in [1.82, 2.24) is 0 Å². The highest BCUT2D eigenvalue weighted by atomic mass is 31.2. The minimum Gasteiger partial charge on any atom is -0.237 e. The van der Waals surface area contributed by atoms with Gasteiger partial charge in [0.15, 0.2) is 0 Å². The maximum absolute atomic E-state index is 14.1. The maximum Gasteiger partial charge on any atom is 0.202 e. The van der Waals surface area contributed by atoms with Crippen molar-refractivity contribution in [3.63, 3.8) is 0 Å². The van der Waals surface area contributed by atoms with Gasteiger partial charge in [0.2, 0.25) is 7.41 Å². The molecule has 3 heteroatoms. The van der Waals surface area contributed by atoms with Crippen LogP contribution in [-0.2, 0) is 0 Å².